The molecule has 6 atom stereocenters. The summed E-state index contributed by atoms with van der Waals surface area (Å²) in [5, 5.41) is 26.7. The Kier molecular flexibility index (Phi) is 14.9. The van der Waals surface area contributed by atoms with E-state index < -0.39 is 30.3 Å². The van der Waals surface area contributed by atoms with Gasteiger partial charge in [0, 0.05) is 19.5 Å². The maximum absolute atomic E-state index is 13.9. The van der Waals surface area contributed by atoms with Gasteiger partial charge in [0.25, 0.3) is 0 Å². The molecule has 12 nitrogen and oxygen atoms in total. The SMILES string of the molecule is CCC(C)C1NC(=O)C(NCC(O)C2Cc3ccc(cc3)OCCCC(=O)NC(CC(C)C)C(=O)N2)Cc2ccc(cc2)OCCCNC1=O. The summed E-state index contributed by atoms with van der Waals surface area (Å²) < 4.78 is 11.6. The molecule has 0 saturated carbocycles. The molecule has 0 fully saturated rings. The van der Waals surface area contributed by atoms with Crippen molar-refractivity contribution in [2.45, 2.75) is 103 Å². The van der Waals surface area contributed by atoms with Crippen LogP contribution in [0.5, 0.6) is 11.5 Å². The van der Waals surface area contributed by atoms with Crippen molar-refractivity contribution in [3.63, 3.8) is 0 Å². The Morgan fingerprint density at radius 2 is 1.42 bits per heavy atom. The highest BCUT2D eigenvalue weighted by Gasteiger charge is 2.32. The van der Waals surface area contributed by atoms with E-state index in [1.807, 2.05) is 76.2 Å². The van der Waals surface area contributed by atoms with Gasteiger partial charge in [-0.1, -0.05) is 58.4 Å². The molecule has 0 radical (unpaired) electrons. The van der Waals surface area contributed by atoms with Crippen LogP contribution in [0.1, 0.15) is 70.9 Å². The number of benzene rings is 2. The number of hydrogen-bond acceptors (Lipinski definition) is 8. The van der Waals surface area contributed by atoms with Gasteiger partial charge in [-0.3, -0.25) is 19.2 Å². The monoisotopic (exact) mass is 693 g/mol. The minimum atomic E-state index is -1.12. The molecule has 6 unspecified atom stereocenters. The molecule has 2 aromatic carbocycles. The first kappa shape index (κ1) is 38.6. The first-order valence-electron chi connectivity index (χ1n) is 18.0. The van der Waals surface area contributed by atoms with Crippen molar-refractivity contribution in [2.75, 3.05) is 26.3 Å². The molecule has 4 bridgehead atoms. The molecule has 6 rings (SSSR count). The predicted molar refractivity (Wildman–Crippen MR) is 191 cm³/mol. The van der Waals surface area contributed by atoms with Crippen LogP contribution in [-0.2, 0) is 32.0 Å². The summed E-state index contributed by atoms with van der Waals surface area (Å²) in [5.74, 6) is 0.150. The highest BCUT2D eigenvalue weighted by Crippen LogP contribution is 2.18. The number of fused-ring (bicyclic) bond motifs is 24. The Labute approximate surface area is 295 Å². The molecule has 12 heteroatoms. The van der Waals surface area contributed by atoms with Gasteiger partial charge in [0.1, 0.15) is 23.6 Å². The second-order valence-corrected chi connectivity index (χ2v) is 13.9. The molecule has 274 valence electrons. The van der Waals surface area contributed by atoms with Crippen LogP contribution in [0.25, 0.3) is 0 Å². The quantitative estimate of drug-likeness (QED) is 0.245. The lowest BCUT2D eigenvalue weighted by atomic mass is 9.96. The third-order valence-electron chi connectivity index (χ3n) is 9.28. The molecule has 4 amide bonds. The number of aliphatic hydroxyl groups excluding tert-OH is 1. The maximum Gasteiger partial charge on any atom is 0.242 e. The van der Waals surface area contributed by atoms with Crippen LogP contribution >= 0.6 is 0 Å². The summed E-state index contributed by atoms with van der Waals surface area (Å²) in [4.78, 5) is 53.5. The zero-order valence-corrected chi connectivity index (χ0v) is 29.8. The second kappa shape index (κ2) is 19.3. The molecular weight excluding hydrogens is 638 g/mol. The van der Waals surface area contributed by atoms with E-state index in [9.17, 15) is 24.3 Å². The van der Waals surface area contributed by atoms with E-state index in [1.54, 1.807) is 0 Å². The van der Waals surface area contributed by atoms with Crippen LogP contribution in [0.3, 0.4) is 0 Å². The van der Waals surface area contributed by atoms with Crippen molar-refractivity contribution < 1.29 is 33.8 Å². The molecule has 0 aliphatic carbocycles. The number of carbonyl (C=O) groups is 4. The zero-order valence-electron chi connectivity index (χ0n) is 29.8. The Bertz CT molecular complexity index is 1400. The summed E-state index contributed by atoms with van der Waals surface area (Å²) in [7, 11) is 0. The summed E-state index contributed by atoms with van der Waals surface area (Å²) in [6.45, 7) is 9.06. The maximum atomic E-state index is 13.9. The van der Waals surface area contributed by atoms with Gasteiger partial charge >= 0.3 is 0 Å². The van der Waals surface area contributed by atoms with Crippen molar-refractivity contribution >= 4 is 23.6 Å². The minimum Gasteiger partial charge on any atom is -0.494 e. The number of hydrogen-bond donors (Lipinski definition) is 6. The lowest BCUT2D eigenvalue weighted by Crippen LogP contribution is -2.58. The molecule has 50 heavy (non-hydrogen) atoms. The fraction of sp³-hybridized carbons (Fsp3) is 0.579. The first-order chi connectivity index (χ1) is 24.0. The lowest BCUT2D eigenvalue weighted by molar-refractivity contribution is -0.131. The Morgan fingerprint density at radius 3 is 2.04 bits per heavy atom. The summed E-state index contributed by atoms with van der Waals surface area (Å²) in [6.07, 6.45) is 1.93. The van der Waals surface area contributed by atoms with Crippen molar-refractivity contribution in [3.8, 4) is 11.5 Å². The van der Waals surface area contributed by atoms with Crippen molar-refractivity contribution in [1.29, 1.82) is 0 Å². The van der Waals surface area contributed by atoms with E-state index in [4.69, 9.17) is 9.47 Å². The summed E-state index contributed by atoms with van der Waals surface area (Å²) in [6, 6.07) is 11.9. The number of nitrogens with one attached hydrogen (secondary N) is 5. The minimum absolute atomic E-state index is 0.0349. The van der Waals surface area contributed by atoms with Crippen molar-refractivity contribution in [3.05, 3.63) is 59.7 Å². The highest BCUT2D eigenvalue weighted by atomic mass is 16.5. The van der Waals surface area contributed by atoms with Crippen molar-refractivity contribution in [2.24, 2.45) is 11.8 Å². The van der Waals surface area contributed by atoms with Crippen LogP contribution in [0.15, 0.2) is 48.5 Å². The molecule has 4 aliphatic rings. The summed E-state index contributed by atoms with van der Waals surface area (Å²) >= 11 is 0. The van der Waals surface area contributed by atoms with Gasteiger partial charge in [-0.2, -0.15) is 0 Å². The molecule has 4 heterocycles. The summed E-state index contributed by atoms with van der Waals surface area (Å²) in [5.41, 5.74) is 1.74. The van der Waals surface area contributed by atoms with E-state index in [0.29, 0.717) is 63.4 Å². The van der Waals surface area contributed by atoms with Gasteiger partial charge in [-0.15, -0.1) is 0 Å². The van der Waals surface area contributed by atoms with Crippen molar-refractivity contribution in [1.82, 2.24) is 26.6 Å². The smallest absolute Gasteiger partial charge is 0.242 e. The molecule has 0 spiro atoms. The topological polar surface area (TPSA) is 167 Å². The Hall–Kier alpha value is -4.16. The van der Waals surface area contributed by atoms with E-state index >= 15 is 0 Å². The van der Waals surface area contributed by atoms with E-state index in [-0.39, 0.29) is 54.9 Å². The average molecular weight is 694 g/mol. The highest BCUT2D eigenvalue weighted by molar-refractivity contribution is 5.90. The lowest BCUT2D eigenvalue weighted by Gasteiger charge is -2.30. The molecule has 4 aliphatic heterocycles. The predicted octanol–water partition coefficient (Wildman–Crippen LogP) is 2.41. The van der Waals surface area contributed by atoms with Crippen LogP contribution in [0, 0.1) is 11.8 Å². The number of aliphatic hydroxyl groups is 1. The molecule has 0 aromatic heterocycles. The zero-order chi connectivity index (χ0) is 36.0. The van der Waals surface area contributed by atoms with Crippen LogP contribution in [-0.4, -0.2) is 85.3 Å². The van der Waals surface area contributed by atoms with Crippen LogP contribution in [0.4, 0.5) is 0 Å². The van der Waals surface area contributed by atoms with Gasteiger partial charge in [0.05, 0.1) is 31.4 Å². The van der Waals surface area contributed by atoms with E-state index in [1.165, 1.54) is 0 Å². The molecular formula is C38H55N5O7. The fourth-order valence-corrected chi connectivity index (χ4v) is 6.09. The van der Waals surface area contributed by atoms with Crippen LogP contribution in [0.2, 0.25) is 0 Å². The fourth-order valence-electron chi connectivity index (χ4n) is 6.09. The Morgan fingerprint density at radius 1 is 0.800 bits per heavy atom. The second-order valence-electron chi connectivity index (χ2n) is 13.9. The molecule has 0 saturated heterocycles. The number of carbonyl (C=O) groups excluding carboxylic acids is 4. The van der Waals surface area contributed by atoms with Gasteiger partial charge in [0.2, 0.25) is 23.6 Å². The molecule has 6 N–H and O–H groups in total. The van der Waals surface area contributed by atoms with Gasteiger partial charge in [-0.05, 0) is 79.3 Å². The van der Waals surface area contributed by atoms with Gasteiger partial charge in [0.15, 0.2) is 0 Å². The number of rotatable bonds is 8. The normalized spacial score (nSPS) is 24.1. The number of ether oxygens (including phenoxy) is 2. The average Bonchev–Trinajstić information content (AvgIpc) is 3.10. The standard InChI is InChI=1S/C38H55N5O7/c1-5-25(4)35-38(48)39-17-7-19-50-29-15-11-27(12-16-29)22-31(36(46)43-35)40-23-33(44)30-21-26-9-13-28(14-10-26)49-18-6-8-34(45)41-32(20-24(2)3)37(47)42-30/h9-16,24-25,30-33,35,40,44H,5-8,17-23H2,1-4H3,(H,39,48)(H,41,45)(H,42,47)(H,43,46). The Balaban J connectivity index is 1.57. The molecule has 2 aromatic rings. The van der Waals surface area contributed by atoms with Gasteiger partial charge < -0.3 is 41.2 Å². The van der Waals surface area contributed by atoms with Crippen LogP contribution < -0.4 is 36.1 Å². The third-order valence-corrected chi connectivity index (χ3v) is 9.28. The van der Waals surface area contributed by atoms with E-state index in [2.05, 4.69) is 26.6 Å². The van der Waals surface area contributed by atoms with E-state index in [0.717, 1.165) is 11.1 Å². The number of amides is 4. The first-order valence-corrected chi connectivity index (χ1v) is 18.0. The third kappa shape index (κ3) is 12.0. The largest absolute Gasteiger partial charge is 0.494 e. The van der Waals surface area contributed by atoms with Gasteiger partial charge in [-0.25, -0.2) is 0 Å².